The van der Waals surface area contributed by atoms with E-state index in [4.69, 9.17) is 19.4 Å². The first-order chi connectivity index (χ1) is 33.6. The molecule has 0 spiro atoms. The number of para-hydroxylation sites is 2. The van der Waals surface area contributed by atoms with E-state index in [1.165, 1.54) is 0 Å². The van der Waals surface area contributed by atoms with E-state index < -0.39 is 0 Å². The minimum absolute atomic E-state index is 0.375. The summed E-state index contributed by atoms with van der Waals surface area (Å²) in [5.41, 5.74) is 13.6. The van der Waals surface area contributed by atoms with E-state index in [-0.39, 0.29) is 0 Å². The van der Waals surface area contributed by atoms with Crippen molar-refractivity contribution in [1.82, 2.24) is 29.9 Å². The first-order valence-electron chi connectivity index (χ1n) is 21.8. The number of ether oxygens (including phenoxy) is 2. The number of hydrogen-bond donors (Lipinski definition) is 0. The van der Waals surface area contributed by atoms with E-state index >= 15 is 0 Å². The van der Waals surface area contributed by atoms with Crippen molar-refractivity contribution in [2.24, 2.45) is 0 Å². The summed E-state index contributed by atoms with van der Waals surface area (Å²) in [6.45, 7) is 0.750. The molecule has 0 atom stereocenters. The number of rotatable bonds is 14. The van der Waals surface area contributed by atoms with Crippen molar-refractivity contribution in [3.05, 3.63) is 241 Å². The number of pyridine rings is 6. The van der Waals surface area contributed by atoms with Crippen LogP contribution in [0.1, 0.15) is 31.8 Å². The Morgan fingerprint density at radius 3 is 0.926 bits per heavy atom. The average Bonchev–Trinajstić information content (AvgIpc) is 3.43. The molecular weight excluding hydrogens is 845 g/mol. The Bertz CT molecular complexity index is 2910. The van der Waals surface area contributed by atoms with Crippen LogP contribution < -0.4 is 9.47 Å². The van der Waals surface area contributed by atoms with Crippen molar-refractivity contribution in [3.63, 3.8) is 0 Å². The smallest absolute Gasteiger partial charge is 0.153 e. The molecule has 328 valence electrons. The van der Waals surface area contributed by atoms with Gasteiger partial charge in [0.2, 0.25) is 0 Å². The minimum Gasteiger partial charge on any atom is -0.488 e. The number of nitrogens with zero attached hydrogens (tertiary/aromatic N) is 6. The molecule has 0 aliphatic heterocycles. The Hall–Kier alpha value is -9.28. The summed E-state index contributed by atoms with van der Waals surface area (Å²) in [4.78, 5) is 50.0. The molecule has 0 N–H and O–H groups in total. The molecule has 0 saturated heterocycles. The molecule has 0 aliphatic carbocycles. The minimum atomic E-state index is 0.375. The van der Waals surface area contributed by atoms with Gasteiger partial charge in [-0.25, -0.2) is 9.97 Å². The third-order valence-electron chi connectivity index (χ3n) is 10.8. The first kappa shape index (κ1) is 43.9. The number of carbonyl (C=O) groups is 2. The Morgan fingerprint density at radius 1 is 0.324 bits per heavy atom. The van der Waals surface area contributed by atoms with Gasteiger partial charge < -0.3 is 9.47 Å². The molecule has 68 heavy (non-hydrogen) atoms. The molecule has 0 bridgehead atoms. The Labute approximate surface area is 393 Å². The number of aldehydes is 2. The number of aromatic nitrogens is 6. The molecule has 4 aromatic carbocycles. The molecule has 0 aliphatic rings. The van der Waals surface area contributed by atoms with E-state index in [0.29, 0.717) is 35.8 Å². The zero-order valence-electron chi connectivity index (χ0n) is 36.7. The Morgan fingerprint density at radius 2 is 0.632 bits per heavy atom. The lowest BCUT2D eigenvalue weighted by molar-refractivity contribution is 0.111. The van der Waals surface area contributed by atoms with Gasteiger partial charge in [0.1, 0.15) is 24.7 Å². The van der Waals surface area contributed by atoms with Gasteiger partial charge in [0.25, 0.3) is 0 Å². The molecule has 0 radical (unpaired) electrons. The van der Waals surface area contributed by atoms with Crippen LogP contribution >= 0.6 is 0 Å². The van der Waals surface area contributed by atoms with Crippen LogP contribution in [0.5, 0.6) is 11.5 Å². The fraction of sp³-hybridized carbons (Fsp3) is 0.0345. The standard InChI is InChI=1S/2C29H21N3O2/c2*33-19-23-7-1-2-10-29(23)34-20-21-11-13-22(14-12-21)24-17-27(25-8-3-5-15-30-25)32-28(18-24)26-9-4-6-16-31-26/h2*1-19H,20H2. The lowest BCUT2D eigenvalue weighted by Gasteiger charge is -2.11. The summed E-state index contributed by atoms with van der Waals surface area (Å²) in [6, 6.07) is 62.1. The number of hydrogen-bond acceptors (Lipinski definition) is 10. The second-order valence-electron chi connectivity index (χ2n) is 15.4. The summed E-state index contributed by atoms with van der Waals surface area (Å²) in [5, 5.41) is 0. The monoisotopic (exact) mass is 886 g/mol. The van der Waals surface area contributed by atoms with E-state index in [1.807, 2.05) is 146 Å². The average molecular weight is 887 g/mol. The maximum Gasteiger partial charge on any atom is 0.153 e. The second-order valence-corrected chi connectivity index (χ2v) is 15.4. The van der Waals surface area contributed by atoms with Crippen molar-refractivity contribution in [2.75, 3.05) is 0 Å². The van der Waals surface area contributed by atoms with Gasteiger partial charge in [-0.2, -0.15) is 0 Å². The Kier molecular flexibility index (Phi) is 14.0. The van der Waals surface area contributed by atoms with Crippen LogP contribution in [0.15, 0.2) is 219 Å². The van der Waals surface area contributed by atoms with Crippen LogP contribution in [0.4, 0.5) is 0 Å². The predicted molar refractivity (Wildman–Crippen MR) is 265 cm³/mol. The van der Waals surface area contributed by atoms with Gasteiger partial charge in [0, 0.05) is 24.8 Å². The quantitative estimate of drug-likeness (QED) is 0.0973. The number of benzene rings is 4. The predicted octanol–water partition coefficient (Wildman–Crippen LogP) is 12.5. The van der Waals surface area contributed by atoms with E-state index in [0.717, 1.165) is 91.5 Å². The van der Waals surface area contributed by atoms with Crippen LogP contribution in [-0.2, 0) is 13.2 Å². The molecule has 10 heteroatoms. The van der Waals surface area contributed by atoms with Gasteiger partial charge in [-0.15, -0.1) is 0 Å². The fourth-order valence-corrected chi connectivity index (χ4v) is 7.30. The van der Waals surface area contributed by atoms with Crippen molar-refractivity contribution in [1.29, 1.82) is 0 Å². The summed E-state index contributed by atoms with van der Waals surface area (Å²) < 4.78 is 11.7. The fourth-order valence-electron chi connectivity index (χ4n) is 7.30. The molecule has 6 aromatic heterocycles. The maximum atomic E-state index is 11.2. The molecule has 0 fully saturated rings. The molecule has 10 rings (SSSR count). The zero-order chi connectivity index (χ0) is 46.3. The van der Waals surface area contributed by atoms with E-state index in [2.05, 4.69) is 44.2 Å². The lowest BCUT2D eigenvalue weighted by atomic mass is 10.0. The van der Waals surface area contributed by atoms with Crippen LogP contribution in [-0.4, -0.2) is 42.5 Å². The molecule has 0 unspecified atom stereocenters. The van der Waals surface area contributed by atoms with E-state index in [1.54, 1.807) is 49.1 Å². The SMILES string of the molecule is O=Cc1ccccc1OCc1ccc(-c2cc(-c3ccccn3)nc(-c3ccccn3)c2)cc1.O=Cc1ccccc1OCc1ccc(-c2cc(-c3ccccn3)nc(-c3ccccn3)c2)cc1. The third kappa shape index (κ3) is 11.0. The van der Waals surface area contributed by atoms with Crippen LogP contribution in [0.3, 0.4) is 0 Å². The maximum absolute atomic E-state index is 11.2. The Balaban J connectivity index is 0.000000170. The van der Waals surface area contributed by atoms with Crippen LogP contribution in [0.25, 0.3) is 67.8 Å². The summed E-state index contributed by atoms with van der Waals surface area (Å²) >= 11 is 0. The van der Waals surface area contributed by atoms with Crippen molar-refractivity contribution in [2.45, 2.75) is 13.2 Å². The molecule has 6 heterocycles. The highest BCUT2D eigenvalue weighted by atomic mass is 16.5. The summed E-state index contributed by atoms with van der Waals surface area (Å²) in [7, 11) is 0. The van der Waals surface area contributed by atoms with Crippen molar-refractivity contribution >= 4 is 12.6 Å². The van der Waals surface area contributed by atoms with Gasteiger partial charge in [-0.1, -0.05) is 97.1 Å². The second kappa shape index (κ2) is 21.6. The third-order valence-corrected chi connectivity index (χ3v) is 10.8. The highest BCUT2D eigenvalue weighted by Crippen LogP contribution is 2.31. The molecule has 0 saturated carbocycles. The van der Waals surface area contributed by atoms with Gasteiger partial charge in [0.05, 0.1) is 56.7 Å². The molecule has 0 amide bonds. The summed E-state index contributed by atoms with van der Waals surface area (Å²) in [5.74, 6) is 1.16. The largest absolute Gasteiger partial charge is 0.488 e. The topological polar surface area (TPSA) is 130 Å². The van der Waals surface area contributed by atoms with E-state index in [9.17, 15) is 9.59 Å². The van der Waals surface area contributed by atoms with Gasteiger partial charge >= 0.3 is 0 Å². The molecule has 10 aromatic rings. The summed E-state index contributed by atoms with van der Waals surface area (Å²) in [6.07, 6.45) is 8.67. The first-order valence-corrected chi connectivity index (χ1v) is 21.8. The van der Waals surface area contributed by atoms with Crippen molar-refractivity contribution in [3.8, 4) is 79.3 Å². The van der Waals surface area contributed by atoms with Crippen LogP contribution in [0, 0.1) is 0 Å². The highest BCUT2D eigenvalue weighted by molar-refractivity contribution is 5.80. The zero-order valence-corrected chi connectivity index (χ0v) is 36.7. The highest BCUT2D eigenvalue weighted by Gasteiger charge is 2.13. The van der Waals surface area contributed by atoms with Gasteiger partial charge in [0.15, 0.2) is 12.6 Å². The van der Waals surface area contributed by atoms with Gasteiger partial charge in [-0.3, -0.25) is 29.5 Å². The molecular formula is C58H42N6O4. The van der Waals surface area contributed by atoms with Gasteiger partial charge in [-0.05, 0) is 130 Å². The van der Waals surface area contributed by atoms with Crippen molar-refractivity contribution < 1.29 is 19.1 Å². The normalized spacial score (nSPS) is 10.6. The molecule has 10 nitrogen and oxygen atoms in total. The van der Waals surface area contributed by atoms with Crippen LogP contribution in [0.2, 0.25) is 0 Å². The number of carbonyl (C=O) groups excluding carboxylic acids is 2. The lowest BCUT2D eigenvalue weighted by Crippen LogP contribution is -1.98.